The summed E-state index contributed by atoms with van der Waals surface area (Å²) in [5.74, 6) is 1.79. The molecule has 1 aliphatic heterocycles. The van der Waals surface area contributed by atoms with Crippen molar-refractivity contribution in [2.75, 3.05) is 26.8 Å². The van der Waals surface area contributed by atoms with E-state index >= 15 is 0 Å². The number of methoxy groups -OCH3 is 1. The fourth-order valence-electron chi connectivity index (χ4n) is 3.24. The first-order valence-corrected chi connectivity index (χ1v) is 7.96. The third-order valence-corrected chi connectivity index (χ3v) is 4.33. The lowest BCUT2D eigenvalue weighted by atomic mass is 9.99. The Balaban J connectivity index is 1.97. The normalized spacial score (nSPS) is 19.2. The van der Waals surface area contributed by atoms with Crippen LogP contribution in [-0.2, 0) is 11.3 Å². The number of ether oxygens (including phenoxy) is 1. The van der Waals surface area contributed by atoms with Crippen molar-refractivity contribution < 1.29 is 4.74 Å². The molecule has 114 valence electrons. The number of imidazole rings is 1. The topological polar surface area (TPSA) is 39.1 Å². The predicted molar refractivity (Wildman–Crippen MR) is 85.8 cm³/mol. The van der Waals surface area contributed by atoms with Crippen LogP contribution in [-0.4, -0.2) is 36.4 Å². The summed E-state index contributed by atoms with van der Waals surface area (Å²) >= 11 is 0. The average molecular weight is 287 g/mol. The largest absolute Gasteiger partial charge is 0.385 e. The molecule has 1 saturated heterocycles. The zero-order valence-corrected chi connectivity index (χ0v) is 13.1. The van der Waals surface area contributed by atoms with Gasteiger partial charge >= 0.3 is 0 Å². The van der Waals surface area contributed by atoms with Gasteiger partial charge in [0.05, 0.1) is 11.0 Å². The molecular formula is C17H25N3O. The second-order valence-electron chi connectivity index (χ2n) is 6.00. The Bertz CT molecular complexity index is 599. The van der Waals surface area contributed by atoms with Gasteiger partial charge in [-0.05, 0) is 50.4 Å². The van der Waals surface area contributed by atoms with Crippen LogP contribution in [0.4, 0.5) is 0 Å². The molecule has 2 heterocycles. The van der Waals surface area contributed by atoms with Crippen LogP contribution in [0, 0.1) is 6.92 Å². The number of hydrogen-bond acceptors (Lipinski definition) is 3. The molecule has 1 fully saturated rings. The lowest BCUT2D eigenvalue weighted by Crippen LogP contribution is -2.30. The lowest BCUT2D eigenvalue weighted by molar-refractivity contribution is 0.190. The molecule has 1 aromatic heterocycles. The molecule has 2 aromatic rings. The van der Waals surface area contributed by atoms with Crippen molar-refractivity contribution in [3.63, 3.8) is 0 Å². The smallest absolute Gasteiger partial charge is 0.114 e. The Kier molecular flexibility index (Phi) is 4.56. The Morgan fingerprint density at radius 1 is 1.43 bits per heavy atom. The van der Waals surface area contributed by atoms with Crippen LogP contribution in [0.15, 0.2) is 18.2 Å². The maximum Gasteiger partial charge on any atom is 0.114 e. The van der Waals surface area contributed by atoms with Gasteiger partial charge in [0, 0.05) is 32.7 Å². The second kappa shape index (κ2) is 6.58. The van der Waals surface area contributed by atoms with E-state index in [1.165, 1.54) is 29.7 Å². The van der Waals surface area contributed by atoms with Crippen LogP contribution in [0.3, 0.4) is 0 Å². The van der Waals surface area contributed by atoms with Gasteiger partial charge in [-0.1, -0.05) is 6.07 Å². The quantitative estimate of drug-likeness (QED) is 0.860. The van der Waals surface area contributed by atoms with Crippen LogP contribution in [0.1, 0.15) is 36.6 Å². The number of aromatic nitrogens is 2. The highest BCUT2D eigenvalue weighted by molar-refractivity contribution is 5.77. The standard InChI is InChI=1S/C17H25N3O/c1-13-6-7-16-15(11-13)19-17(14-5-3-8-18-12-14)20(16)9-4-10-21-2/h6-7,11,14,18H,3-5,8-10,12H2,1-2H3/t14-/m1/s1. The van der Waals surface area contributed by atoms with Crippen molar-refractivity contribution in [3.8, 4) is 0 Å². The van der Waals surface area contributed by atoms with Crippen LogP contribution < -0.4 is 5.32 Å². The third kappa shape index (κ3) is 3.11. The maximum absolute atomic E-state index is 5.21. The number of nitrogens with zero attached hydrogens (tertiary/aromatic N) is 2. The molecule has 1 atom stereocenters. The highest BCUT2D eigenvalue weighted by atomic mass is 16.5. The highest BCUT2D eigenvalue weighted by Gasteiger charge is 2.22. The monoisotopic (exact) mass is 287 g/mol. The van der Waals surface area contributed by atoms with Crippen molar-refractivity contribution in [1.82, 2.24) is 14.9 Å². The number of rotatable bonds is 5. The summed E-state index contributed by atoms with van der Waals surface area (Å²) in [5.41, 5.74) is 3.67. The summed E-state index contributed by atoms with van der Waals surface area (Å²) in [5, 5.41) is 3.51. The molecule has 0 bridgehead atoms. The zero-order valence-electron chi connectivity index (χ0n) is 13.1. The molecular weight excluding hydrogens is 262 g/mol. The van der Waals surface area contributed by atoms with Crippen molar-refractivity contribution >= 4 is 11.0 Å². The summed E-state index contributed by atoms with van der Waals surface area (Å²) in [4.78, 5) is 4.96. The van der Waals surface area contributed by atoms with Crippen LogP contribution in [0.25, 0.3) is 11.0 Å². The van der Waals surface area contributed by atoms with Gasteiger partial charge in [0.2, 0.25) is 0 Å². The van der Waals surface area contributed by atoms with E-state index in [0.717, 1.165) is 38.2 Å². The van der Waals surface area contributed by atoms with Crippen LogP contribution >= 0.6 is 0 Å². The Hall–Kier alpha value is -1.39. The maximum atomic E-state index is 5.21. The van der Waals surface area contributed by atoms with E-state index in [4.69, 9.17) is 9.72 Å². The van der Waals surface area contributed by atoms with Gasteiger partial charge < -0.3 is 14.6 Å². The van der Waals surface area contributed by atoms with E-state index in [-0.39, 0.29) is 0 Å². The zero-order chi connectivity index (χ0) is 14.7. The van der Waals surface area contributed by atoms with E-state index in [0.29, 0.717) is 5.92 Å². The van der Waals surface area contributed by atoms with Gasteiger partial charge in [-0.25, -0.2) is 4.98 Å². The minimum atomic E-state index is 0.536. The van der Waals surface area contributed by atoms with Gasteiger partial charge in [0.15, 0.2) is 0 Å². The molecule has 0 spiro atoms. The molecule has 3 rings (SSSR count). The molecule has 1 N–H and O–H groups in total. The SMILES string of the molecule is COCCCn1c([C@@H]2CCCNC2)nc2cc(C)ccc21. The number of piperidine rings is 1. The van der Waals surface area contributed by atoms with Gasteiger partial charge in [0.1, 0.15) is 5.82 Å². The molecule has 4 nitrogen and oxygen atoms in total. The fourth-order valence-corrected chi connectivity index (χ4v) is 3.24. The minimum absolute atomic E-state index is 0.536. The molecule has 1 aliphatic rings. The Labute approximate surface area is 126 Å². The number of benzene rings is 1. The van der Waals surface area contributed by atoms with Gasteiger partial charge in [0.25, 0.3) is 0 Å². The fraction of sp³-hybridized carbons (Fsp3) is 0.588. The van der Waals surface area contributed by atoms with Crippen molar-refractivity contribution in [3.05, 3.63) is 29.6 Å². The first-order valence-electron chi connectivity index (χ1n) is 7.96. The van der Waals surface area contributed by atoms with Crippen molar-refractivity contribution in [2.45, 2.75) is 38.6 Å². The molecule has 21 heavy (non-hydrogen) atoms. The number of nitrogens with one attached hydrogen (secondary N) is 1. The first kappa shape index (κ1) is 14.5. The molecule has 0 aliphatic carbocycles. The number of hydrogen-bond donors (Lipinski definition) is 1. The van der Waals surface area contributed by atoms with Gasteiger partial charge in [-0.3, -0.25) is 0 Å². The summed E-state index contributed by atoms with van der Waals surface area (Å²) in [7, 11) is 1.77. The highest BCUT2D eigenvalue weighted by Crippen LogP contribution is 2.27. The molecule has 0 unspecified atom stereocenters. The first-order chi connectivity index (χ1) is 10.3. The van der Waals surface area contributed by atoms with Gasteiger partial charge in [-0.2, -0.15) is 0 Å². The molecule has 1 aromatic carbocycles. The molecule has 4 heteroatoms. The Morgan fingerprint density at radius 2 is 2.33 bits per heavy atom. The second-order valence-corrected chi connectivity index (χ2v) is 6.00. The van der Waals surface area contributed by atoms with Crippen molar-refractivity contribution in [1.29, 1.82) is 0 Å². The van der Waals surface area contributed by atoms with E-state index in [1.54, 1.807) is 7.11 Å². The Morgan fingerprint density at radius 3 is 3.10 bits per heavy atom. The minimum Gasteiger partial charge on any atom is -0.385 e. The van der Waals surface area contributed by atoms with E-state index < -0.39 is 0 Å². The van der Waals surface area contributed by atoms with E-state index in [2.05, 4.69) is 35.0 Å². The summed E-state index contributed by atoms with van der Waals surface area (Å²) < 4.78 is 7.62. The third-order valence-electron chi connectivity index (χ3n) is 4.33. The van der Waals surface area contributed by atoms with Crippen LogP contribution in [0.5, 0.6) is 0 Å². The van der Waals surface area contributed by atoms with E-state index in [1.807, 2.05) is 0 Å². The summed E-state index contributed by atoms with van der Waals surface area (Å²) in [6.07, 6.45) is 3.51. The molecule has 0 amide bonds. The lowest BCUT2D eigenvalue weighted by Gasteiger charge is -2.23. The average Bonchev–Trinajstić information content (AvgIpc) is 2.86. The number of aryl methyl sites for hydroxylation is 2. The number of fused-ring (bicyclic) bond motifs is 1. The van der Waals surface area contributed by atoms with Crippen LogP contribution in [0.2, 0.25) is 0 Å². The van der Waals surface area contributed by atoms with E-state index in [9.17, 15) is 0 Å². The van der Waals surface area contributed by atoms with Crippen molar-refractivity contribution in [2.24, 2.45) is 0 Å². The predicted octanol–water partition coefficient (Wildman–Crippen LogP) is 2.85. The molecule has 0 radical (unpaired) electrons. The van der Waals surface area contributed by atoms with Gasteiger partial charge in [-0.15, -0.1) is 0 Å². The summed E-state index contributed by atoms with van der Waals surface area (Å²) in [6, 6.07) is 6.59. The molecule has 0 saturated carbocycles. The summed E-state index contributed by atoms with van der Waals surface area (Å²) in [6.45, 7) is 6.10.